The van der Waals surface area contributed by atoms with Gasteiger partial charge in [-0.3, -0.25) is 4.57 Å². The van der Waals surface area contributed by atoms with Gasteiger partial charge in [0.2, 0.25) is 0 Å². The molecule has 0 bridgehead atoms. The fraction of sp³-hybridized carbons (Fsp3) is 1.00. The molecule has 0 rings (SSSR count). The van der Waals surface area contributed by atoms with Crippen molar-refractivity contribution in [1.82, 2.24) is 4.57 Å². The highest BCUT2D eigenvalue weighted by Crippen LogP contribution is 2.46. The maximum atomic E-state index is 5.94. The molecule has 0 aromatic rings. The average Bonchev–Trinajstić information content (AvgIpc) is 2.29. The summed E-state index contributed by atoms with van der Waals surface area (Å²) in [6, 6.07) is 0.472. The van der Waals surface area contributed by atoms with E-state index in [4.69, 9.17) is 8.85 Å². The maximum absolute atomic E-state index is 5.94. The summed E-state index contributed by atoms with van der Waals surface area (Å²) >= 11 is 0. The van der Waals surface area contributed by atoms with Gasteiger partial charge in [0.25, 0.3) is 0 Å². The van der Waals surface area contributed by atoms with Gasteiger partial charge in [0, 0.05) is 25.3 Å². The summed E-state index contributed by atoms with van der Waals surface area (Å²) in [5.41, 5.74) is 0. The Kier molecular flexibility index (Phi) is 6.35. The van der Waals surface area contributed by atoms with E-state index >= 15 is 0 Å². The average molecular weight is 261 g/mol. The van der Waals surface area contributed by atoms with E-state index in [2.05, 4.69) is 53.2 Å². The van der Waals surface area contributed by atoms with Crippen LogP contribution in [0.3, 0.4) is 0 Å². The highest BCUT2D eigenvalue weighted by Gasteiger charge is 2.57. The highest BCUT2D eigenvalue weighted by atomic mass is 28.4. The molecule has 3 nitrogen and oxygen atoms in total. The minimum absolute atomic E-state index is 0.0364. The molecule has 0 aliphatic heterocycles. The van der Waals surface area contributed by atoms with Crippen LogP contribution in [0.15, 0.2) is 0 Å². The number of hydrogen-bond acceptors (Lipinski definition) is 3. The molecule has 1 atom stereocenters. The van der Waals surface area contributed by atoms with Gasteiger partial charge in [-0.2, -0.15) is 0 Å². The van der Waals surface area contributed by atoms with E-state index in [9.17, 15) is 0 Å². The summed E-state index contributed by atoms with van der Waals surface area (Å²) in [6.45, 7) is 13.4. The summed E-state index contributed by atoms with van der Waals surface area (Å²) in [4.78, 5) is 0. The summed E-state index contributed by atoms with van der Waals surface area (Å²) in [7, 11) is 3.33. The molecule has 0 saturated heterocycles. The molecule has 0 fully saturated rings. The monoisotopic (exact) mass is 261 g/mol. The molecule has 0 aromatic heterocycles. The molecule has 0 aliphatic rings. The van der Waals surface area contributed by atoms with Crippen LogP contribution in [-0.4, -0.2) is 40.6 Å². The fourth-order valence-electron chi connectivity index (χ4n) is 2.28. The Hall–Kier alpha value is 0.0969. The third kappa shape index (κ3) is 2.92. The zero-order valence-electron chi connectivity index (χ0n) is 13.1. The van der Waals surface area contributed by atoms with Crippen molar-refractivity contribution < 1.29 is 8.85 Å². The van der Waals surface area contributed by atoms with Crippen LogP contribution in [0.1, 0.15) is 48.0 Å². The third-order valence-corrected chi connectivity index (χ3v) is 9.21. The second-order valence-corrected chi connectivity index (χ2v) is 9.71. The lowest BCUT2D eigenvalue weighted by atomic mass is 9.99. The molecule has 0 amide bonds. The Labute approximate surface area is 109 Å². The van der Waals surface area contributed by atoms with Crippen LogP contribution in [0, 0.1) is 5.92 Å². The van der Waals surface area contributed by atoms with Crippen LogP contribution in [0.5, 0.6) is 0 Å². The van der Waals surface area contributed by atoms with Crippen molar-refractivity contribution in [2.75, 3.05) is 21.3 Å². The van der Waals surface area contributed by atoms with E-state index in [0.29, 0.717) is 12.0 Å². The normalized spacial score (nSPS) is 15.7. The molecule has 17 heavy (non-hydrogen) atoms. The lowest BCUT2D eigenvalue weighted by Crippen LogP contribution is -2.65. The molecule has 4 heteroatoms. The van der Waals surface area contributed by atoms with Gasteiger partial charge < -0.3 is 8.85 Å². The predicted molar refractivity (Wildman–Crippen MR) is 76.2 cm³/mol. The zero-order chi connectivity index (χ0) is 13.9. The summed E-state index contributed by atoms with van der Waals surface area (Å²) in [5, 5.41) is 0.0364. The van der Waals surface area contributed by atoms with Gasteiger partial charge in [0.1, 0.15) is 0 Å². The molecule has 0 aromatic carbocycles. The lowest BCUT2D eigenvalue weighted by Gasteiger charge is -2.49. The quantitative estimate of drug-likeness (QED) is 0.656. The van der Waals surface area contributed by atoms with Crippen LogP contribution in [0.25, 0.3) is 0 Å². The van der Waals surface area contributed by atoms with Gasteiger partial charge in [-0.1, -0.05) is 41.5 Å². The molecule has 1 unspecified atom stereocenters. The van der Waals surface area contributed by atoms with Gasteiger partial charge in [0.15, 0.2) is 0 Å². The lowest BCUT2D eigenvalue weighted by molar-refractivity contribution is 0.115. The first-order valence-corrected chi connectivity index (χ1v) is 8.30. The standard InChI is InChI=1S/C13H31NO2Si/c1-10-12(4)14(7)17(15-8,16-9)13(5,6)11(2)3/h11-12H,10H2,1-9H3. The van der Waals surface area contributed by atoms with Crippen molar-refractivity contribution in [3.63, 3.8) is 0 Å². The number of nitrogens with zero attached hydrogens (tertiary/aromatic N) is 1. The van der Waals surface area contributed by atoms with Crippen LogP contribution >= 0.6 is 0 Å². The molecule has 0 heterocycles. The Bertz CT molecular complexity index is 227. The van der Waals surface area contributed by atoms with Crippen LogP contribution in [-0.2, 0) is 8.85 Å². The van der Waals surface area contributed by atoms with Crippen molar-refractivity contribution in [3.05, 3.63) is 0 Å². The van der Waals surface area contributed by atoms with Gasteiger partial charge in [-0.15, -0.1) is 0 Å². The first-order valence-electron chi connectivity index (χ1n) is 6.54. The Morgan fingerprint density at radius 1 is 1.12 bits per heavy atom. The van der Waals surface area contributed by atoms with E-state index in [-0.39, 0.29) is 5.04 Å². The summed E-state index contributed by atoms with van der Waals surface area (Å²) < 4.78 is 14.2. The fourth-order valence-corrected chi connectivity index (χ4v) is 6.48. The van der Waals surface area contributed by atoms with Crippen molar-refractivity contribution in [1.29, 1.82) is 0 Å². The summed E-state index contributed by atoms with van der Waals surface area (Å²) in [6.07, 6.45) is 1.10. The topological polar surface area (TPSA) is 21.7 Å². The van der Waals surface area contributed by atoms with E-state index in [1.54, 1.807) is 14.2 Å². The molecule has 0 aliphatic carbocycles. The number of rotatable bonds is 7. The van der Waals surface area contributed by atoms with Gasteiger partial charge in [0.05, 0.1) is 0 Å². The molecule has 0 N–H and O–H groups in total. The third-order valence-electron chi connectivity index (χ3n) is 4.53. The highest BCUT2D eigenvalue weighted by molar-refractivity contribution is 6.67. The predicted octanol–water partition coefficient (Wildman–Crippen LogP) is 3.38. The summed E-state index contributed by atoms with van der Waals surface area (Å²) in [5.74, 6) is 0.514. The van der Waals surface area contributed by atoms with Crippen LogP contribution in [0.2, 0.25) is 5.04 Å². The molecule has 0 saturated carbocycles. The van der Waals surface area contributed by atoms with E-state index in [1.807, 2.05) is 0 Å². The molecular formula is C13H31NO2Si. The van der Waals surface area contributed by atoms with E-state index < -0.39 is 8.72 Å². The van der Waals surface area contributed by atoms with Gasteiger partial charge >= 0.3 is 8.72 Å². The second-order valence-electron chi connectivity index (χ2n) is 5.73. The Morgan fingerprint density at radius 2 is 1.53 bits per heavy atom. The largest absolute Gasteiger partial charge is 0.433 e. The molecule has 0 spiro atoms. The molecule has 104 valence electrons. The van der Waals surface area contributed by atoms with Crippen LogP contribution < -0.4 is 0 Å². The van der Waals surface area contributed by atoms with Crippen molar-refractivity contribution in [3.8, 4) is 0 Å². The van der Waals surface area contributed by atoms with E-state index in [1.165, 1.54) is 0 Å². The number of hydrogen-bond donors (Lipinski definition) is 0. The molecule has 0 radical (unpaired) electrons. The minimum atomic E-state index is -2.39. The smallest absolute Gasteiger partial charge is 0.386 e. The van der Waals surface area contributed by atoms with Crippen LogP contribution in [0.4, 0.5) is 0 Å². The Balaban J connectivity index is 5.43. The SMILES string of the molecule is CCC(C)N(C)[Si](OC)(OC)C(C)(C)C(C)C. The maximum Gasteiger partial charge on any atom is 0.433 e. The zero-order valence-corrected chi connectivity index (χ0v) is 14.1. The first-order chi connectivity index (χ1) is 7.71. The molecular weight excluding hydrogens is 230 g/mol. The van der Waals surface area contributed by atoms with Crippen molar-refractivity contribution in [2.24, 2.45) is 5.92 Å². The second kappa shape index (κ2) is 6.32. The van der Waals surface area contributed by atoms with Gasteiger partial charge in [-0.25, -0.2) is 0 Å². The Morgan fingerprint density at radius 3 is 1.76 bits per heavy atom. The van der Waals surface area contributed by atoms with Crippen molar-refractivity contribution in [2.45, 2.75) is 59.0 Å². The van der Waals surface area contributed by atoms with Gasteiger partial charge in [-0.05, 0) is 19.4 Å². The van der Waals surface area contributed by atoms with E-state index in [0.717, 1.165) is 6.42 Å². The van der Waals surface area contributed by atoms with Crippen molar-refractivity contribution >= 4 is 8.72 Å². The first kappa shape index (κ1) is 17.1. The minimum Gasteiger partial charge on any atom is -0.386 e.